The van der Waals surface area contributed by atoms with E-state index >= 15 is 0 Å². The fourth-order valence-electron chi connectivity index (χ4n) is 2.49. The molecule has 1 aromatic rings. The predicted octanol–water partition coefficient (Wildman–Crippen LogP) is 2.66. The lowest BCUT2D eigenvalue weighted by Crippen LogP contribution is -2.38. The summed E-state index contributed by atoms with van der Waals surface area (Å²) < 4.78 is 5.45. The van der Waals surface area contributed by atoms with Crippen LogP contribution in [0.25, 0.3) is 0 Å². The molecule has 0 aliphatic heterocycles. The largest absolute Gasteiger partial charge is 0.466 e. The van der Waals surface area contributed by atoms with Gasteiger partial charge in [-0.05, 0) is 38.7 Å². The number of furan rings is 1. The van der Waals surface area contributed by atoms with E-state index in [9.17, 15) is 9.59 Å². The van der Waals surface area contributed by atoms with Gasteiger partial charge in [0.05, 0.1) is 5.56 Å². The second kappa shape index (κ2) is 6.99. The summed E-state index contributed by atoms with van der Waals surface area (Å²) in [6, 6.07) is 2.13. The van der Waals surface area contributed by atoms with Gasteiger partial charge in [-0.1, -0.05) is 13.8 Å². The fraction of sp³-hybridized carbons (Fsp3) is 0.647. The molecule has 0 atom stereocenters. The van der Waals surface area contributed by atoms with Gasteiger partial charge in [-0.3, -0.25) is 9.59 Å². The Morgan fingerprint density at radius 1 is 1.36 bits per heavy atom. The highest BCUT2D eigenvalue weighted by Crippen LogP contribution is 2.19. The number of amides is 2. The number of nitrogens with zero attached hydrogens (tertiary/aromatic N) is 1. The van der Waals surface area contributed by atoms with Crippen LogP contribution in [0.1, 0.15) is 55.0 Å². The van der Waals surface area contributed by atoms with E-state index in [2.05, 4.69) is 19.2 Å². The van der Waals surface area contributed by atoms with E-state index < -0.39 is 0 Å². The van der Waals surface area contributed by atoms with Crippen LogP contribution in [0, 0.1) is 19.8 Å². The first kappa shape index (κ1) is 16.6. The molecule has 1 aliphatic carbocycles. The number of carbonyl (C=O) groups is 2. The third-order valence-electron chi connectivity index (χ3n) is 3.70. The first-order valence-electron chi connectivity index (χ1n) is 8.02. The molecule has 0 saturated heterocycles. The van der Waals surface area contributed by atoms with Crippen LogP contribution in [-0.2, 0) is 4.79 Å². The molecular formula is C17H26N2O3. The fourth-order valence-corrected chi connectivity index (χ4v) is 2.49. The Bertz CT molecular complexity index is 544. The number of carbonyl (C=O) groups excluding carboxylic acids is 2. The van der Waals surface area contributed by atoms with Gasteiger partial charge >= 0.3 is 0 Å². The van der Waals surface area contributed by atoms with Crippen molar-refractivity contribution < 1.29 is 14.0 Å². The van der Waals surface area contributed by atoms with E-state index in [4.69, 9.17) is 4.42 Å². The Hall–Kier alpha value is -1.78. The van der Waals surface area contributed by atoms with Gasteiger partial charge in [-0.15, -0.1) is 0 Å². The maximum absolute atomic E-state index is 12.7. The number of rotatable bonds is 7. The summed E-state index contributed by atoms with van der Waals surface area (Å²) in [5, 5.41) is 2.96. The Kier molecular flexibility index (Phi) is 5.27. The van der Waals surface area contributed by atoms with Gasteiger partial charge in [-0.2, -0.15) is 0 Å². The van der Waals surface area contributed by atoms with Crippen molar-refractivity contribution in [3.05, 3.63) is 23.2 Å². The van der Waals surface area contributed by atoms with E-state index in [1.165, 1.54) is 0 Å². The van der Waals surface area contributed by atoms with Crippen molar-refractivity contribution in [2.24, 2.45) is 5.92 Å². The maximum atomic E-state index is 12.7. The third-order valence-corrected chi connectivity index (χ3v) is 3.70. The van der Waals surface area contributed by atoms with Crippen LogP contribution < -0.4 is 5.32 Å². The molecule has 0 spiro atoms. The minimum Gasteiger partial charge on any atom is -0.466 e. The summed E-state index contributed by atoms with van der Waals surface area (Å²) in [5.41, 5.74) is 0.598. The zero-order chi connectivity index (χ0) is 16.3. The molecule has 2 rings (SSSR count). The first-order valence-corrected chi connectivity index (χ1v) is 8.02. The smallest absolute Gasteiger partial charge is 0.257 e. The van der Waals surface area contributed by atoms with Crippen LogP contribution in [0.2, 0.25) is 0 Å². The molecule has 22 heavy (non-hydrogen) atoms. The van der Waals surface area contributed by atoms with Gasteiger partial charge in [0, 0.05) is 25.6 Å². The van der Waals surface area contributed by atoms with E-state index in [0.29, 0.717) is 42.8 Å². The van der Waals surface area contributed by atoms with Gasteiger partial charge in [0.25, 0.3) is 5.91 Å². The lowest BCUT2D eigenvalue weighted by atomic mass is 10.1. The van der Waals surface area contributed by atoms with Crippen molar-refractivity contribution in [1.82, 2.24) is 10.2 Å². The Labute approximate surface area is 132 Å². The summed E-state index contributed by atoms with van der Waals surface area (Å²) in [7, 11) is 0. The monoisotopic (exact) mass is 306 g/mol. The molecule has 1 aliphatic rings. The van der Waals surface area contributed by atoms with Gasteiger partial charge in [0.15, 0.2) is 0 Å². The van der Waals surface area contributed by atoms with Crippen molar-refractivity contribution in [3.8, 4) is 0 Å². The van der Waals surface area contributed by atoms with Crippen molar-refractivity contribution in [2.75, 3.05) is 13.1 Å². The number of hydrogen-bond donors (Lipinski definition) is 1. The standard InChI is InChI=1S/C17H26N2O3/c1-11(2)10-19(8-7-16(20)18-14-5-6-14)17(21)15-9-12(3)22-13(15)4/h9,11,14H,5-8,10H2,1-4H3,(H,18,20). The number of nitrogens with one attached hydrogen (secondary N) is 1. The summed E-state index contributed by atoms with van der Waals surface area (Å²) in [5.74, 6) is 1.70. The second-order valence-corrected chi connectivity index (χ2v) is 6.56. The minimum absolute atomic E-state index is 0.0316. The minimum atomic E-state index is -0.0535. The lowest BCUT2D eigenvalue weighted by molar-refractivity contribution is -0.121. The maximum Gasteiger partial charge on any atom is 0.257 e. The van der Waals surface area contributed by atoms with Gasteiger partial charge in [-0.25, -0.2) is 0 Å². The topological polar surface area (TPSA) is 62.6 Å². The van der Waals surface area contributed by atoms with Crippen LogP contribution >= 0.6 is 0 Å². The van der Waals surface area contributed by atoms with E-state index in [1.807, 2.05) is 6.92 Å². The lowest BCUT2D eigenvalue weighted by Gasteiger charge is -2.24. The Morgan fingerprint density at radius 3 is 2.55 bits per heavy atom. The average Bonchev–Trinajstić information content (AvgIpc) is 3.16. The summed E-state index contributed by atoms with van der Waals surface area (Å²) >= 11 is 0. The number of hydrogen-bond acceptors (Lipinski definition) is 3. The van der Waals surface area contributed by atoms with Gasteiger partial charge in [0.2, 0.25) is 5.91 Å². The molecule has 5 nitrogen and oxygen atoms in total. The molecule has 122 valence electrons. The first-order chi connectivity index (χ1) is 10.4. The molecule has 0 radical (unpaired) electrons. The highest BCUT2D eigenvalue weighted by Gasteiger charge is 2.25. The Morgan fingerprint density at radius 2 is 2.05 bits per heavy atom. The Balaban J connectivity index is 1.99. The van der Waals surface area contributed by atoms with Crippen molar-refractivity contribution in [1.29, 1.82) is 0 Å². The van der Waals surface area contributed by atoms with Crippen molar-refractivity contribution in [3.63, 3.8) is 0 Å². The molecule has 2 amide bonds. The molecule has 0 aromatic carbocycles. The highest BCUT2D eigenvalue weighted by molar-refractivity contribution is 5.95. The summed E-state index contributed by atoms with van der Waals surface area (Å²) in [6.45, 7) is 8.85. The molecule has 5 heteroatoms. The summed E-state index contributed by atoms with van der Waals surface area (Å²) in [6.07, 6.45) is 2.51. The van der Waals surface area contributed by atoms with Crippen molar-refractivity contribution in [2.45, 2.75) is 53.0 Å². The van der Waals surface area contributed by atoms with Gasteiger partial charge in [0.1, 0.15) is 11.5 Å². The third kappa shape index (κ3) is 4.61. The quantitative estimate of drug-likeness (QED) is 0.842. The number of aryl methyl sites for hydroxylation is 2. The van der Waals surface area contributed by atoms with Gasteiger partial charge < -0.3 is 14.6 Å². The van der Waals surface area contributed by atoms with E-state index in [1.54, 1.807) is 17.9 Å². The van der Waals surface area contributed by atoms with Crippen LogP contribution in [0.3, 0.4) is 0 Å². The van der Waals surface area contributed by atoms with E-state index in [-0.39, 0.29) is 11.8 Å². The molecule has 1 heterocycles. The highest BCUT2D eigenvalue weighted by atomic mass is 16.3. The van der Waals surface area contributed by atoms with Crippen LogP contribution in [-0.4, -0.2) is 35.8 Å². The zero-order valence-corrected chi connectivity index (χ0v) is 13.9. The van der Waals surface area contributed by atoms with Crippen molar-refractivity contribution >= 4 is 11.8 Å². The van der Waals surface area contributed by atoms with E-state index in [0.717, 1.165) is 18.6 Å². The molecule has 0 bridgehead atoms. The molecule has 1 fully saturated rings. The predicted molar refractivity (Wildman–Crippen MR) is 84.7 cm³/mol. The molecular weight excluding hydrogens is 280 g/mol. The molecule has 0 unspecified atom stereocenters. The van der Waals surface area contributed by atoms with Crippen LogP contribution in [0.5, 0.6) is 0 Å². The second-order valence-electron chi connectivity index (χ2n) is 6.56. The molecule has 1 saturated carbocycles. The zero-order valence-electron chi connectivity index (χ0n) is 13.9. The SMILES string of the molecule is Cc1cc(C(=O)N(CCC(=O)NC2CC2)CC(C)C)c(C)o1. The average molecular weight is 306 g/mol. The normalized spacial score (nSPS) is 14.2. The van der Waals surface area contributed by atoms with Crippen LogP contribution in [0.4, 0.5) is 0 Å². The van der Waals surface area contributed by atoms with Crippen LogP contribution in [0.15, 0.2) is 10.5 Å². The summed E-state index contributed by atoms with van der Waals surface area (Å²) in [4.78, 5) is 26.3. The molecule has 1 aromatic heterocycles. The molecule has 1 N–H and O–H groups in total.